The van der Waals surface area contributed by atoms with Gasteiger partial charge in [-0.1, -0.05) is 0 Å². The Kier molecular flexibility index (Phi) is 4.23. The van der Waals surface area contributed by atoms with E-state index in [9.17, 15) is 13.2 Å². The Labute approximate surface area is 136 Å². The zero-order valence-corrected chi connectivity index (χ0v) is 14.2. The summed E-state index contributed by atoms with van der Waals surface area (Å²) in [4.78, 5) is 14.4. The topological polar surface area (TPSA) is 72.9 Å². The zero-order valence-electron chi connectivity index (χ0n) is 13.4. The second-order valence-electron chi connectivity index (χ2n) is 5.92. The van der Waals surface area contributed by atoms with Gasteiger partial charge in [0.15, 0.2) is 9.84 Å². The molecule has 1 fully saturated rings. The molecule has 1 atom stereocenters. The number of benzene rings is 1. The van der Waals surface area contributed by atoms with Crippen molar-refractivity contribution < 1.29 is 22.7 Å². The van der Waals surface area contributed by atoms with E-state index in [2.05, 4.69) is 0 Å². The molecule has 0 N–H and O–H groups in total. The van der Waals surface area contributed by atoms with Crippen molar-refractivity contribution >= 4 is 21.4 Å². The largest absolute Gasteiger partial charge is 0.497 e. The smallest absolute Gasteiger partial charge is 0.245 e. The Morgan fingerprint density at radius 2 is 2.00 bits per heavy atom. The Hall–Kier alpha value is -1.76. The lowest BCUT2D eigenvalue weighted by Gasteiger charge is -2.32. The Bertz CT molecular complexity index is 728. The number of amides is 1. The fraction of sp³-hybridized carbons (Fsp3) is 0.562. The van der Waals surface area contributed by atoms with E-state index in [0.29, 0.717) is 36.6 Å². The van der Waals surface area contributed by atoms with Gasteiger partial charge in [0, 0.05) is 24.2 Å². The van der Waals surface area contributed by atoms with Gasteiger partial charge in [-0.3, -0.25) is 4.79 Å². The van der Waals surface area contributed by atoms with Crippen LogP contribution in [-0.2, 0) is 21.1 Å². The summed E-state index contributed by atoms with van der Waals surface area (Å²) in [6.07, 6.45) is 2.55. The van der Waals surface area contributed by atoms with E-state index >= 15 is 0 Å². The first kappa shape index (κ1) is 16.1. The maximum Gasteiger partial charge on any atom is 0.245 e. The van der Waals surface area contributed by atoms with E-state index in [4.69, 9.17) is 9.47 Å². The predicted molar refractivity (Wildman–Crippen MR) is 87.0 cm³/mol. The standard InChI is InChI=1S/C16H21NO5S/c1-21-11-9-13-12(14(10-11)22-2)5-3-7-17(13)16(18)15-6-4-8-23(15,19)20/h9-10,15H,3-8H2,1-2H3/t15-/m0/s1. The van der Waals surface area contributed by atoms with E-state index in [1.54, 1.807) is 31.3 Å². The van der Waals surface area contributed by atoms with Crippen molar-refractivity contribution in [2.45, 2.75) is 30.9 Å². The molecule has 0 aliphatic carbocycles. The van der Waals surface area contributed by atoms with E-state index < -0.39 is 15.1 Å². The quantitative estimate of drug-likeness (QED) is 0.836. The van der Waals surface area contributed by atoms with Crippen LogP contribution in [0.4, 0.5) is 5.69 Å². The molecule has 0 saturated carbocycles. The summed E-state index contributed by atoms with van der Waals surface area (Å²) in [7, 11) is -0.190. The number of nitrogens with zero attached hydrogens (tertiary/aromatic N) is 1. The molecule has 0 unspecified atom stereocenters. The molecule has 23 heavy (non-hydrogen) atoms. The highest BCUT2D eigenvalue weighted by atomic mass is 32.2. The minimum absolute atomic E-state index is 0.103. The molecule has 7 heteroatoms. The van der Waals surface area contributed by atoms with Gasteiger partial charge < -0.3 is 14.4 Å². The van der Waals surface area contributed by atoms with Crippen molar-refractivity contribution in [1.82, 2.24) is 0 Å². The normalized spacial score (nSPS) is 22.5. The van der Waals surface area contributed by atoms with Crippen molar-refractivity contribution in [2.75, 3.05) is 31.4 Å². The molecule has 6 nitrogen and oxygen atoms in total. The van der Waals surface area contributed by atoms with Gasteiger partial charge in [-0.05, 0) is 25.7 Å². The minimum atomic E-state index is -3.32. The number of carbonyl (C=O) groups is 1. The number of ether oxygens (including phenoxy) is 2. The summed E-state index contributed by atoms with van der Waals surface area (Å²) < 4.78 is 34.9. The van der Waals surface area contributed by atoms with Crippen LogP contribution in [0.15, 0.2) is 12.1 Å². The predicted octanol–water partition coefficient (Wildman–Crippen LogP) is 1.56. The lowest BCUT2D eigenvalue weighted by atomic mass is 9.99. The second kappa shape index (κ2) is 6.03. The molecule has 2 aliphatic rings. The highest BCUT2D eigenvalue weighted by Gasteiger charge is 2.41. The maximum atomic E-state index is 12.8. The third-order valence-electron chi connectivity index (χ3n) is 4.58. The summed E-state index contributed by atoms with van der Waals surface area (Å²) in [5.74, 6) is 1.05. The number of methoxy groups -OCH3 is 2. The highest BCUT2D eigenvalue weighted by molar-refractivity contribution is 7.93. The fourth-order valence-corrected chi connectivity index (χ4v) is 5.22. The average Bonchev–Trinajstić information content (AvgIpc) is 2.91. The van der Waals surface area contributed by atoms with Crippen LogP contribution in [-0.4, -0.2) is 46.1 Å². The molecule has 1 amide bonds. The number of hydrogen-bond acceptors (Lipinski definition) is 5. The molecule has 2 aliphatic heterocycles. The molecule has 2 heterocycles. The number of hydrogen-bond donors (Lipinski definition) is 0. The first-order chi connectivity index (χ1) is 11.0. The summed E-state index contributed by atoms with van der Waals surface area (Å²) in [5.41, 5.74) is 1.64. The fourth-order valence-electron chi connectivity index (χ4n) is 3.40. The highest BCUT2D eigenvalue weighted by Crippen LogP contribution is 2.39. The Morgan fingerprint density at radius 1 is 1.22 bits per heavy atom. The van der Waals surface area contributed by atoms with E-state index in [0.717, 1.165) is 18.4 Å². The SMILES string of the molecule is COc1cc(OC)c2c(c1)N(C(=O)[C@@H]1CCCS1(=O)=O)CCC2. The molecule has 0 bridgehead atoms. The van der Waals surface area contributed by atoms with Crippen molar-refractivity contribution in [2.24, 2.45) is 0 Å². The lowest BCUT2D eigenvalue weighted by Crippen LogP contribution is -2.44. The van der Waals surface area contributed by atoms with Crippen molar-refractivity contribution in [3.05, 3.63) is 17.7 Å². The Morgan fingerprint density at radius 3 is 2.61 bits per heavy atom. The molecule has 1 aromatic carbocycles. The van der Waals surface area contributed by atoms with Crippen molar-refractivity contribution in [1.29, 1.82) is 0 Å². The van der Waals surface area contributed by atoms with Gasteiger partial charge in [-0.2, -0.15) is 0 Å². The third-order valence-corrected chi connectivity index (χ3v) is 6.75. The average molecular weight is 339 g/mol. The summed E-state index contributed by atoms with van der Waals surface area (Å²) in [6, 6.07) is 3.58. The number of anilines is 1. The molecular weight excluding hydrogens is 318 g/mol. The molecule has 1 aromatic rings. The zero-order chi connectivity index (χ0) is 16.6. The van der Waals surface area contributed by atoms with Gasteiger partial charge >= 0.3 is 0 Å². The van der Waals surface area contributed by atoms with Gasteiger partial charge in [0.25, 0.3) is 0 Å². The van der Waals surface area contributed by atoms with Gasteiger partial charge in [-0.25, -0.2) is 8.42 Å². The van der Waals surface area contributed by atoms with Crippen LogP contribution in [0.2, 0.25) is 0 Å². The van der Waals surface area contributed by atoms with Crippen LogP contribution >= 0.6 is 0 Å². The van der Waals surface area contributed by atoms with Crippen LogP contribution in [0.5, 0.6) is 11.5 Å². The number of rotatable bonds is 3. The van der Waals surface area contributed by atoms with Crippen LogP contribution in [0.25, 0.3) is 0 Å². The molecule has 126 valence electrons. The summed E-state index contributed by atoms with van der Waals surface area (Å²) in [5, 5.41) is -0.911. The number of fused-ring (bicyclic) bond motifs is 1. The van der Waals surface area contributed by atoms with Crippen LogP contribution < -0.4 is 14.4 Å². The van der Waals surface area contributed by atoms with Gasteiger partial charge in [0.1, 0.15) is 16.7 Å². The molecule has 0 spiro atoms. The van der Waals surface area contributed by atoms with E-state index in [1.807, 2.05) is 0 Å². The molecular formula is C16H21NO5S. The Balaban J connectivity index is 2.03. The van der Waals surface area contributed by atoms with Crippen molar-refractivity contribution in [3.63, 3.8) is 0 Å². The summed E-state index contributed by atoms with van der Waals surface area (Å²) in [6.45, 7) is 0.522. The van der Waals surface area contributed by atoms with Crippen molar-refractivity contribution in [3.8, 4) is 11.5 Å². The van der Waals surface area contributed by atoms with Crippen LogP contribution in [0, 0.1) is 0 Å². The lowest BCUT2D eigenvalue weighted by molar-refractivity contribution is -0.118. The van der Waals surface area contributed by atoms with E-state index in [-0.39, 0.29) is 11.7 Å². The molecule has 1 saturated heterocycles. The third kappa shape index (κ3) is 2.78. The minimum Gasteiger partial charge on any atom is -0.497 e. The van der Waals surface area contributed by atoms with Gasteiger partial charge in [0.2, 0.25) is 5.91 Å². The first-order valence-corrected chi connectivity index (χ1v) is 9.47. The second-order valence-corrected chi connectivity index (χ2v) is 8.22. The number of sulfone groups is 1. The van der Waals surface area contributed by atoms with Crippen LogP contribution in [0.1, 0.15) is 24.8 Å². The number of carbonyl (C=O) groups excluding carboxylic acids is 1. The first-order valence-electron chi connectivity index (χ1n) is 7.76. The van der Waals surface area contributed by atoms with E-state index in [1.165, 1.54) is 0 Å². The maximum absolute atomic E-state index is 12.8. The molecule has 0 aromatic heterocycles. The monoisotopic (exact) mass is 339 g/mol. The molecule has 0 radical (unpaired) electrons. The van der Waals surface area contributed by atoms with Gasteiger partial charge in [0.05, 0.1) is 25.7 Å². The molecule has 3 rings (SSSR count). The summed E-state index contributed by atoms with van der Waals surface area (Å²) >= 11 is 0. The van der Waals surface area contributed by atoms with Crippen LogP contribution in [0.3, 0.4) is 0 Å². The van der Waals surface area contributed by atoms with Gasteiger partial charge in [-0.15, -0.1) is 0 Å².